The largest absolute Gasteiger partial charge is 0.312 e. The van der Waals surface area contributed by atoms with E-state index < -0.39 is 0 Å². The van der Waals surface area contributed by atoms with Crippen LogP contribution in [0.4, 0.5) is 0 Å². The summed E-state index contributed by atoms with van der Waals surface area (Å²) in [6.45, 7) is 5.91. The summed E-state index contributed by atoms with van der Waals surface area (Å²) in [4.78, 5) is 3.80. The van der Waals surface area contributed by atoms with Crippen molar-refractivity contribution in [3.05, 3.63) is 22.4 Å². The lowest BCUT2D eigenvalue weighted by Gasteiger charge is -2.27. The van der Waals surface area contributed by atoms with Crippen molar-refractivity contribution in [3.63, 3.8) is 0 Å². The lowest BCUT2D eigenvalue weighted by atomic mass is 9.85. The molecule has 0 spiro atoms. The van der Waals surface area contributed by atoms with Crippen LogP contribution in [0.15, 0.2) is 17.5 Å². The molecule has 1 saturated carbocycles. The maximum absolute atomic E-state index is 3.83. The highest BCUT2D eigenvalue weighted by Crippen LogP contribution is 2.34. The molecule has 1 aromatic heterocycles. The smallest absolute Gasteiger partial charge is 0.0561 e. The van der Waals surface area contributed by atoms with Crippen molar-refractivity contribution < 1.29 is 0 Å². The highest BCUT2D eigenvalue weighted by Gasteiger charge is 2.25. The van der Waals surface area contributed by atoms with Gasteiger partial charge >= 0.3 is 0 Å². The molecule has 1 N–H and O–H groups in total. The number of hydrogen-bond donors (Lipinski definition) is 1. The molecule has 0 aromatic carbocycles. The van der Waals surface area contributed by atoms with E-state index in [1.807, 2.05) is 11.3 Å². The predicted octanol–water partition coefficient (Wildman–Crippen LogP) is 4.30. The van der Waals surface area contributed by atoms with Gasteiger partial charge in [0, 0.05) is 17.5 Å². The van der Waals surface area contributed by atoms with E-state index in [2.05, 4.69) is 55.7 Å². The zero-order valence-corrected chi connectivity index (χ0v) is 14.3. The van der Waals surface area contributed by atoms with Gasteiger partial charge in [0.05, 0.1) is 6.04 Å². The Hall–Kier alpha value is -0.380. The minimum absolute atomic E-state index is 0.506. The van der Waals surface area contributed by atoms with Crippen LogP contribution >= 0.6 is 11.3 Å². The van der Waals surface area contributed by atoms with Gasteiger partial charge in [-0.3, -0.25) is 0 Å². The second kappa shape index (κ2) is 7.06. The Kier molecular flexibility index (Phi) is 5.65. The summed E-state index contributed by atoms with van der Waals surface area (Å²) in [6, 6.07) is 5.63. The van der Waals surface area contributed by atoms with Gasteiger partial charge < -0.3 is 10.2 Å². The van der Waals surface area contributed by atoms with Crippen LogP contribution in [0.25, 0.3) is 0 Å². The van der Waals surface area contributed by atoms with Gasteiger partial charge in [-0.2, -0.15) is 0 Å². The molecule has 1 aromatic rings. The van der Waals surface area contributed by atoms with Crippen LogP contribution in [-0.4, -0.2) is 31.6 Å². The molecule has 1 aliphatic rings. The van der Waals surface area contributed by atoms with Gasteiger partial charge in [-0.05, 0) is 56.6 Å². The lowest BCUT2D eigenvalue weighted by Crippen LogP contribution is -2.36. The van der Waals surface area contributed by atoms with Gasteiger partial charge in [-0.1, -0.05) is 26.3 Å². The molecule has 2 rings (SSSR count). The molecule has 1 fully saturated rings. The Bertz CT molecular complexity index is 384. The predicted molar refractivity (Wildman–Crippen MR) is 89.4 cm³/mol. The standard InChI is InChI=1S/C17H30N2S/c1-17(2)10-5-7-14(9-11-17)18-13-15(19(3)4)16-8-6-12-20-16/h6,8,12,14-15,18H,5,7,9-11,13H2,1-4H3. The first-order chi connectivity index (χ1) is 9.48. The van der Waals surface area contributed by atoms with Crippen molar-refractivity contribution in [2.75, 3.05) is 20.6 Å². The van der Waals surface area contributed by atoms with Crippen LogP contribution in [0.2, 0.25) is 0 Å². The number of nitrogens with one attached hydrogen (secondary N) is 1. The summed E-state index contributed by atoms with van der Waals surface area (Å²) >= 11 is 1.87. The molecule has 0 amide bonds. The molecule has 3 heteroatoms. The van der Waals surface area contributed by atoms with Crippen molar-refractivity contribution in [1.82, 2.24) is 10.2 Å². The normalized spacial score (nSPS) is 24.6. The maximum Gasteiger partial charge on any atom is 0.0561 e. The van der Waals surface area contributed by atoms with E-state index in [1.54, 1.807) is 0 Å². The van der Waals surface area contributed by atoms with Crippen molar-refractivity contribution in [2.24, 2.45) is 5.41 Å². The number of likely N-dealkylation sites (N-methyl/N-ethyl adjacent to an activating group) is 1. The minimum atomic E-state index is 0.506. The highest BCUT2D eigenvalue weighted by molar-refractivity contribution is 7.10. The molecule has 1 aliphatic carbocycles. The van der Waals surface area contributed by atoms with E-state index in [0.717, 1.165) is 6.54 Å². The molecule has 0 bridgehead atoms. The van der Waals surface area contributed by atoms with E-state index >= 15 is 0 Å². The zero-order chi connectivity index (χ0) is 14.6. The molecule has 2 nitrogen and oxygen atoms in total. The molecular formula is C17H30N2S. The average molecular weight is 295 g/mol. The third kappa shape index (κ3) is 4.57. The van der Waals surface area contributed by atoms with Gasteiger partial charge in [0.15, 0.2) is 0 Å². The van der Waals surface area contributed by atoms with Gasteiger partial charge in [0.2, 0.25) is 0 Å². The molecule has 114 valence electrons. The van der Waals surface area contributed by atoms with Crippen molar-refractivity contribution in [1.29, 1.82) is 0 Å². The zero-order valence-electron chi connectivity index (χ0n) is 13.5. The first kappa shape index (κ1) is 16.0. The van der Waals surface area contributed by atoms with Crippen LogP contribution in [0.3, 0.4) is 0 Å². The van der Waals surface area contributed by atoms with E-state index in [0.29, 0.717) is 17.5 Å². The van der Waals surface area contributed by atoms with Crippen molar-refractivity contribution >= 4 is 11.3 Å². The summed E-state index contributed by atoms with van der Waals surface area (Å²) in [6.07, 6.45) is 6.78. The van der Waals surface area contributed by atoms with Gasteiger partial charge in [-0.15, -0.1) is 11.3 Å². The van der Waals surface area contributed by atoms with E-state index in [4.69, 9.17) is 0 Å². The Labute approximate surface area is 128 Å². The lowest BCUT2D eigenvalue weighted by molar-refractivity contribution is 0.274. The van der Waals surface area contributed by atoms with E-state index in [1.165, 1.54) is 37.0 Å². The molecule has 0 saturated heterocycles. The first-order valence-electron chi connectivity index (χ1n) is 7.91. The van der Waals surface area contributed by atoms with Crippen molar-refractivity contribution in [3.8, 4) is 0 Å². The Morgan fingerprint density at radius 3 is 2.80 bits per heavy atom. The number of thiophene rings is 1. The number of hydrogen-bond acceptors (Lipinski definition) is 3. The van der Waals surface area contributed by atoms with Crippen LogP contribution in [0, 0.1) is 5.41 Å². The monoisotopic (exact) mass is 294 g/mol. The number of nitrogens with zero attached hydrogens (tertiary/aromatic N) is 1. The van der Waals surface area contributed by atoms with Crippen molar-refractivity contribution in [2.45, 2.75) is 58.0 Å². The molecule has 2 atom stereocenters. The molecule has 0 radical (unpaired) electrons. The fourth-order valence-electron chi connectivity index (χ4n) is 3.16. The van der Waals surface area contributed by atoms with Crippen LogP contribution < -0.4 is 5.32 Å². The summed E-state index contributed by atoms with van der Waals surface area (Å²) in [5.74, 6) is 0. The highest BCUT2D eigenvalue weighted by atomic mass is 32.1. The second-order valence-electron chi connectivity index (χ2n) is 7.20. The molecule has 1 heterocycles. The Morgan fingerprint density at radius 2 is 2.15 bits per heavy atom. The van der Waals surface area contributed by atoms with Crippen LogP contribution in [0.1, 0.15) is 56.9 Å². The second-order valence-corrected chi connectivity index (χ2v) is 8.17. The summed E-state index contributed by atoms with van der Waals surface area (Å²) < 4.78 is 0. The number of rotatable bonds is 5. The van der Waals surface area contributed by atoms with Crippen LogP contribution in [0.5, 0.6) is 0 Å². The summed E-state index contributed by atoms with van der Waals surface area (Å²) in [5, 5.41) is 6.01. The van der Waals surface area contributed by atoms with Gasteiger partial charge in [0.25, 0.3) is 0 Å². The minimum Gasteiger partial charge on any atom is -0.312 e. The SMILES string of the molecule is CN(C)C(CNC1CCCC(C)(C)CC1)c1cccs1. The summed E-state index contributed by atoms with van der Waals surface area (Å²) in [7, 11) is 4.37. The Morgan fingerprint density at radius 1 is 1.35 bits per heavy atom. The fraction of sp³-hybridized carbons (Fsp3) is 0.765. The quantitative estimate of drug-likeness (QED) is 0.815. The van der Waals surface area contributed by atoms with E-state index in [9.17, 15) is 0 Å². The average Bonchev–Trinajstić information content (AvgIpc) is 2.82. The maximum atomic E-state index is 3.83. The van der Waals surface area contributed by atoms with Crippen LogP contribution in [-0.2, 0) is 0 Å². The van der Waals surface area contributed by atoms with E-state index in [-0.39, 0.29) is 0 Å². The molecule has 2 unspecified atom stereocenters. The third-order valence-electron chi connectivity index (χ3n) is 4.67. The molecular weight excluding hydrogens is 264 g/mol. The fourth-order valence-corrected chi connectivity index (χ4v) is 4.08. The molecule has 0 aliphatic heterocycles. The Balaban J connectivity index is 1.87. The van der Waals surface area contributed by atoms with Gasteiger partial charge in [0.1, 0.15) is 0 Å². The van der Waals surface area contributed by atoms with Gasteiger partial charge in [-0.25, -0.2) is 0 Å². The summed E-state index contributed by atoms with van der Waals surface area (Å²) in [5.41, 5.74) is 0.547. The third-order valence-corrected chi connectivity index (χ3v) is 5.64. The topological polar surface area (TPSA) is 15.3 Å². The molecule has 20 heavy (non-hydrogen) atoms. The first-order valence-corrected chi connectivity index (χ1v) is 8.79.